The number of hydrogen-bond donors (Lipinski definition) is 0. The molecule has 0 aliphatic heterocycles. The highest BCUT2D eigenvalue weighted by atomic mass is 16.5. The van der Waals surface area contributed by atoms with Gasteiger partial charge in [0.1, 0.15) is 6.54 Å². The van der Waals surface area contributed by atoms with Gasteiger partial charge in [0.15, 0.2) is 0 Å². The highest BCUT2D eigenvalue weighted by molar-refractivity contribution is 5.90. The normalized spacial score (nSPS) is 11.1. The van der Waals surface area contributed by atoms with Gasteiger partial charge in [0.05, 0.1) is 11.7 Å². The molecule has 0 N–H and O–H groups in total. The maximum absolute atomic E-state index is 12.1. The van der Waals surface area contributed by atoms with Crippen LogP contribution in [0, 0.1) is 6.92 Å². The van der Waals surface area contributed by atoms with Gasteiger partial charge < -0.3 is 9.26 Å². The molecule has 2 aromatic carbocycles. The molecule has 0 amide bonds. The van der Waals surface area contributed by atoms with Crippen LogP contribution in [-0.2, 0) is 11.3 Å². The van der Waals surface area contributed by atoms with Gasteiger partial charge >= 0.3 is 5.97 Å². The molecule has 30 heavy (non-hydrogen) atoms. The molecule has 0 aliphatic rings. The highest BCUT2D eigenvalue weighted by Gasteiger charge is 2.14. The number of rotatable bonds is 6. The summed E-state index contributed by atoms with van der Waals surface area (Å²) in [7, 11) is 0. The Morgan fingerprint density at radius 2 is 1.87 bits per heavy atom. The third-order valence-electron chi connectivity index (χ3n) is 4.17. The predicted octanol–water partition coefficient (Wildman–Crippen LogP) is 3.31. The van der Waals surface area contributed by atoms with Crippen molar-refractivity contribution in [2.24, 2.45) is 0 Å². The van der Waals surface area contributed by atoms with E-state index in [1.54, 1.807) is 38.1 Å². The Hall–Kier alpha value is -3.88. The minimum atomic E-state index is -0.395. The van der Waals surface area contributed by atoms with Crippen LogP contribution in [0.2, 0.25) is 0 Å². The van der Waals surface area contributed by atoms with E-state index in [2.05, 4.69) is 25.6 Å². The highest BCUT2D eigenvalue weighted by Crippen LogP contribution is 2.18. The van der Waals surface area contributed by atoms with Crippen molar-refractivity contribution in [3.8, 4) is 22.8 Å². The maximum Gasteiger partial charge on any atom is 0.338 e. The van der Waals surface area contributed by atoms with E-state index in [0.717, 1.165) is 11.1 Å². The molecule has 2 aromatic heterocycles. The van der Waals surface area contributed by atoms with Crippen molar-refractivity contribution < 1.29 is 14.1 Å². The van der Waals surface area contributed by atoms with Crippen molar-refractivity contribution in [3.05, 3.63) is 65.5 Å². The van der Waals surface area contributed by atoms with Crippen LogP contribution in [0.25, 0.3) is 22.8 Å². The quantitative estimate of drug-likeness (QED) is 0.450. The second-order valence-corrected chi connectivity index (χ2v) is 7.06. The van der Waals surface area contributed by atoms with Crippen molar-refractivity contribution in [1.82, 2.24) is 30.3 Å². The first-order valence-electron chi connectivity index (χ1n) is 9.47. The molecule has 4 rings (SSSR count). The van der Waals surface area contributed by atoms with Crippen molar-refractivity contribution in [2.75, 3.05) is 0 Å². The molecular formula is C21H20N6O3. The second-order valence-electron chi connectivity index (χ2n) is 7.06. The largest absolute Gasteiger partial charge is 0.459 e. The van der Waals surface area contributed by atoms with Crippen LogP contribution >= 0.6 is 0 Å². The Kier molecular flexibility index (Phi) is 5.34. The summed E-state index contributed by atoms with van der Waals surface area (Å²) < 4.78 is 10.5. The Labute approximate surface area is 172 Å². The third kappa shape index (κ3) is 4.40. The number of nitrogens with zero attached hydrogens (tertiary/aromatic N) is 6. The molecule has 2 heterocycles. The van der Waals surface area contributed by atoms with Gasteiger partial charge in [-0.05, 0) is 44.2 Å². The number of tetrazole rings is 1. The van der Waals surface area contributed by atoms with Gasteiger partial charge in [-0.3, -0.25) is 0 Å². The standard InChI is InChI=1S/C21H20N6O3/c1-13(2)29-21(28)17-9-5-8-16(11-17)20-23-26-27(24-20)12-18-22-19(25-30-18)15-7-4-6-14(3)10-15/h4-11,13H,12H2,1-3H3. The Morgan fingerprint density at radius 1 is 1.10 bits per heavy atom. The van der Waals surface area contributed by atoms with Crippen LogP contribution in [0.5, 0.6) is 0 Å². The molecule has 0 saturated carbocycles. The van der Waals surface area contributed by atoms with Crippen molar-refractivity contribution >= 4 is 5.97 Å². The first-order chi connectivity index (χ1) is 14.5. The SMILES string of the molecule is Cc1cccc(-c2noc(Cn3nnc(-c4cccc(C(=O)OC(C)C)c4)n3)n2)c1. The molecule has 0 radical (unpaired) electrons. The zero-order chi connectivity index (χ0) is 21.1. The number of ether oxygens (including phenoxy) is 1. The lowest BCUT2D eigenvalue weighted by Crippen LogP contribution is -2.11. The van der Waals surface area contributed by atoms with Gasteiger partial charge in [0, 0.05) is 11.1 Å². The summed E-state index contributed by atoms with van der Waals surface area (Å²) >= 11 is 0. The van der Waals surface area contributed by atoms with E-state index in [1.807, 2.05) is 31.2 Å². The van der Waals surface area contributed by atoms with Gasteiger partial charge in [-0.25, -0.2) is 4.79 Å². The monoisotopic (exact) mass is 404 g/mol. The summed E-state index contributed by atoms with van der Waals surface area (Å²) in [5, 5.41) is 16.5. The summed E-state index contributed by atoms with van der Waals surface area (Å²) in [4.78, 5) is 17.9. The molecule has 0 bridgehead atoms. The van der Waals surface area contributed by atoms with Crippen LogP contribution in [-0.4, -0.2) is 42.4 Å². The molecule has 9 nitrogen and oxygen atoms in total. The summed E-state index contributed by atoms with van der Waals surface area (Å²) in [6.07, 6.45) is -0.195. The summed E-state index contributed by atoms with van der Waals surface area (Å²) in [6.45, 7) is 5.79. The molecule has 0 unspecified atom stereocenters. The molecule has 0 fully saturated rings. The first kappa shape index (κ1) is 19.4. The van der Waals surface area contributed by atoms with Crippen molar-refractivity contribution in [1.29, 1.82) is 0 Å². The topological polar surface area (TPSA) is 109 Å². The second kappa shape index (κ2) is 8.24. The van der Waals surface area contributed by atoms with Gasteiger partial charge in [-0.15, -0.1) is 10.2 Å². The average Bonchev–Trinajstić information content (AvgIpc) is 3.38. The van der Waals surface area contributed by atoms with Gasteiger partial charge in [0.2, 0.25) is 11.6 Å². The lowest BCUT2D eigenvalue weighted by atomic mass is 10.1. The van der Waals surface area contributed by atoms with Gasteiger partial charge in [-0.1, -0.05) is 41.1 Å². The molecule has 0 aliphatic carbocycles. The smallest absolute Gasteiger partial charge is 0.338 e. The fourth-order valence-electron chi connectivity index (χ4n) is 2.83. The molecular weight excluding hydrogens is 384 g/mol. The maximum atomic E-state index is 12.1. The lowest BCUT2D eigenvalue weighted by molar-refractivity contribution is 0.0378. The van der Waals surface area contributed by atoms with E-state index < -0.39 is 5.97 Å². The average molecular weight is 404 g/mol. The number of esters is 1. The number of hydrogen-bond acceptors (Lipinski definition) is 8. The number of aryl methyl sites for hydroxylation is 1. The Morgan fingerprint density at radius 3 is 2.63 bits per heavy atom. The molecule has 0 spiro atoms. The molecule has 0 saturated heterocycles. The Balaban J connectivity index is 1.50. The third-order valence-corrected chi connectivity index (χ3v) is 4.17. The van der Waals surface area contributed by atoms with E-state index in [4.69, 9.17) is 9.26 Å². The van der Waals surface area contributed by atoms with E-state index >= 15 is 0 Å². The van der Waals surface area contributed by atoms with E-state index in [9.17, 15) is 4.79 Å². The lowest BCUT2D eigenvalue weighted by Gasteiger charge is -2.08. The van der Waals surface area contributed by atoms with E-state index in [0.29, 0.717) is 28.7 Å². The van der Waals surface area contributed by atoms with Gasteiger partial charge in [-0.2, -0.15) is 9.78 Å². The van der Waals surface area contributed by atoms with Crippen LogP contribution in [0.15, 0.2) is 53.1 Å². The fourth-order valence-corrected chi connectivity index (χ4v) is 2.83. The fraction of sp³-hybridized carbons (Fsp3) is 0.238. The van der Waals surface area contributed by atoms with Crippen molar-refractivity contribution in [2.45, 2.75) is 33.4 Å². The van der Waals surface area contributed by atoms with Crippen molar-refractivity contribution in [3.63, 3.8) is 0 Å². The number of aromatic nitrogens is 6. The molecule has 4 aromatic rings. The number of benzene rings is 2. The predicted molar refractivity (Wildman–Crippen MR) is 107 cm³/mol. The summed E-state index contributed by atoms with van der Waals surface area (Å²) in [5.41, 5.74) is 3.07. The van der Waals surface area contributed by atoms with Crippen LogP contribution in [0.1, 0.15) is 35.7 Å². The van der Waals surface area contributed by atoms with E-state index in [1.165, 1.54) is 4.80 Å². The Bertz CT molecular complexity index is 1180. The minimum Gasteiger partial charge on any atom is -0.459 e. The van der Waals surface area contributed by atoms with E-state index in [-0.39, 0.29) is 12.6 Å². The van der Waals surface area contributed by atoms with Crippen LogP contribution in [0.4, 0.5) is 0 Å². The zero-order valence-corrected chi connectivity index (χ0v) is 16.8. The first-order valence-corrected chi connectivity index (χ1v) is 9.47. The summed E-state index contributed by atoms with van der Waals surface area (Å²) in [6, 6.07) is 14.8. The molecule has 152 valence electrons. The number of carbonyl (C=O) groups is 1. The van der Waals surface area contributed by atoms with Crippen LogP contribution < -0.4 is 0 Å². The summed E-state index contributed by atoms with van der Waals surface area (Å²) in [5.74, 6) is 0.858. The molecule has 0 atom stereocenters. The molecule has 9 heteroatoms. The number of carbonyl (C=O) groups excluding carboxylic acids is 1. The minimum absolute atomic E-state index is 0.181. The van der Waals surface area contributed by atoms with Gasteiger partial charge in [0.25, 0.3) is 5.89 Å². The van der Waals surface area contributed by atoms with Crippen LogP contribution in [0.3, 0.4) is 0 Å². The zero-order valence-electron chi connectivity index (χ0n) is 16.8.